The number of amides is 1. The summed E-state index contributed by atoms with van der Waals surface area (Å²) in [7, 11) is 1.62. The van der Waals surface area contributed by atoms with Crippen molar-refractivity contribution in [2.45, 2.75) is 0 Å². The molecule has 0 spiro atoms. The van der Waals surface area contributed by atoms with Crippen LogP contribution in [0.4, 0.5) is 5.13 Å². The molecule has 1 heterocycles. The van der Waals surface area contributed by atoms with Crippen LogP contribution in [0.5, 0.6) is 5.75 Å². The van der Waals surface area contributed by atoms with Crippen molar-refractivity contribution >= 4 is 39.2 Å². The molecule has 0 saturated carbocycles. The van der Waals surface area contributed by atoms with E-state index >= 15 is 0 Å². The van der Waals surface area contributed by atoms with Gasteiger partial charge in [0.1, 0.15) is 17.4 Å². The van der Waals surface area contributed by atoms with E-state index in [2.05, 4.69) is 10.3 Å². The van der Waals surface area contributed by atoms with Crippen molar-refractivity contribution in [2.75, 3.05) is 12.4 Å². The number of hydrogen-bond acceptors (Lipinski definition) is 5. The number of anilines is 1. The number of carbonyl (C=O) groups is 1. The topological polar surface area (TPSA) is 75.0 Å². The number of methoxy groups -OCH3 is 1. The molecule has 1 aromatic heterocycles. The Hall–Kier alpha value is -3.17. The number of carbonyl (C=O) groups excluding carboxylic acids is 1. The lowest BCUT2D eigenvalue weighted by Crippen LogP contribution is -2.13. The Kier molecular flexibility index (Phi) is 4.54. The number of fused-ring (bicyclic) bond motifs is 1. The molecule has 5 nitrogen and oxygen atoms in total. The average Bonchev–Trinajstić information content (AvgIpc) is 3.11. The van der Waals surface area contributed by atoms with E-state index in [1.54, 1.807) is 24.8 Å². The molecule has 0 aliphatic rings. The third kappa shape index (κ3) is 3.42. The Labute approximate surface area is 142 Å². The number of nitriles is 1. The quantitative estimate of drug-likeness (QED) is 0.580. The monoisotopic (exact) mass is 335 g/mol. The van der Waals surface area contributed by atoms with E-state index in [4.69, 9.17) is 4.74 Å². The summed E-state index contributed by atoms with van der Waals surface area (Å²) in [6, 6.07) is 13.4. The van der Waals surface area contributed by atoms with Gasteiger partial charge in [-0.05, 0) is 40.6 Å². The molecule has 0 fully saturated rings. The van der Waals surface area contributed by atoms with Crippen LogP contribution in [0.3, 0.4) is 0 Å². The van der Waals surface area contributed by atoms with Gasteiger partial charge in [-0.3, -0.25) is 10.1 Å². The first-order valence-electron chi connectivity index (χ1n) is 7.10. The molecule has 1 amide bonds. The van der Waals surface area contributed by atoms with E-state index in [1.807, 2.05) is 42.5 Å². The average molecular weight is 335 g/mol. The summed E-state index contributed by atoms with van der Waals surface area (Å²) in [6.07, 6.45) is 3.15. The summed E-state index contributed by atoms with van der Waals surface area (Å²) in [4.78, 5) is 16.1. The molecule has 0 atom stereocenters. The molecule has 118 valence electrons. The Balaban J connectivity index is 1.89. The van der Waals surface area contributed by atoms with Gasteiger partial charge < -0.3 is 4.74 Å². The molecule has 1 N–H and O–H groups in total. The first kappa shape index (κ1) is 15.7. The molecule has 0 bridgehead atoms. The highest BCUT2D eigenvalue weighted by molar-refractivity contribution is 7.13. The summed E-state index contributed by atoms with van der Waals surface area (Å²) in [5.41, 5.74) is 0.802. The second kappa shape index (κ2) is 6.94. The van der Waals surface area contributed by atoms with Gasteiger partial charge in [-0.1, -0.05) is 18.2 Å². The smallest absolute Gasteiger partial charge is 0.268 e. The maximum absolute atomic E-state index is 12.1. The minimum atomic E-state index is -0.470. The lowest BCUT2D eigenvalue weighted by molar-refractivity contribution is -0.112. The van der Waals surface area contributed by atoms with Crippen molar-refractivity contribution in [1.29, 1.82) is 5.26 Å². The SMILES string of the molecule is COc1ccc2cc(/C=C(\C#N)C(=O)Nc3nccs3)ccc2c1. The van der Waals surface area contributed by atoms with E-state index < -0.39 is 5.91 Å². The fraction of sp³-hybridized carbons (Fsp3) is 0.0556. The van der Waals surface area contributed by atoms with Crippen LogP contribution < -0.4 is 10.1 Å². The van der Waals surface area contributed by atoms with E-state index in [9.17, 15) is 10.1 Å². The number of nitrogens with one attached hydrogen (secondary N) is 1. The molecule has 0 aliphatic heterocycles. The van der Waals surface area contributed by atoms with Gasteiger partial charge in [0.25, 0.3) is 5.91 Å². The van der Waals surface area contributed by atoms with Gasteiger partial charge >= 0.3 is 0 Å². The molecule has 3 aromatic rings. The maximum atomic E-state index is 12.1. The summed E-state index contributed by atoms with van der Waals surface area (Å²) in [5.74, 6) is 0.314. The van der Waals surface area contributed by atoms with Crippen molar-refractivity contribution in [3.8, 4) is 11.8 Å². The largest absolute Gasteiger partial charge is 0.497 e. The van der Waals surface area contributed by atoms with Crippen LogP contribution in [-0.4, -0.2) is 18.0 Å². The third-order valence-electron chi connectivity index (χ3n) is 3.40. The Bertz CT molecular complexity index is 956. The van der Waals surface area contributed by atoms with Crippen molar-refractivity contribution < 1.29 is 9.53 Å². The number of aromatic nitrogens is 1. The normalized spacial score (nSPS) is 11.1. The minimum absolute atomic E-state index is 0.0260. The van der Waals surface area contributed by atoms with E-state index in [0.29, 0.717) is 5.13 Å². The van der Waals surface area contributed by atoms with Crippen molar-refractivity contribution in [3.05, 3.63) is 59.1 Å². The Morgan fingerprint density at radius 1 is 1.29 bits per heavy atom. The second-order valence-corrected chi connectivity index (χ2v) is 5.83. The van der Waals surface area contributed by atoms with Gasteiger partial charge in [0.2, 0.25) is 0 Å². The van der Waals surface area contributed by atoms with Crippen LogP contribution in [0.1, 0.15) is 5.56 Å². The lowest BCUT2D eigenvalue weighted by Gasteiger charge is -2.04. The fourth-order valence-corrected chi connectivity index (χ4v) is 2.75. The molecule has 0 saturated heterocycles. The van der Waals surface area contributed by atoms with Crippen LogP contribution in [0.25, 0.3) is 16.8 Å². The molecule has 24 heavy (non-hydrogen) atoms. The molecule has 6 heteroatoms. The number of thiazole rings is 1. The molecule has 2 aromatic carbocycles. The second-order valence-electron chi connectivity index (χ2n) is 4.93. The van der Waals surface area contributed by atoms with Crippen LogP contribution in [0.2, 0.25) is 0 Å². The molecule has 0 unspecified atom stereocenters. The Morgan fingerprint density at radius 3 is 2.79 bits per heavy atom. The molecule has 0 radical (unpaired) electrons. The fourth-order valence-electron chi connectivity index (χ4n) is 2.22. The predicted molar refractivity (Wildman–Crippen MR) is 94.8 cm³/mol. The van der Waals surface area contributed by atoms with Gasteiger partial charge in [0.05, 0.1) is 7.11 Å². The van der Waals surface area contributed by atoms with Gasteiger partial charge in [0.15, 0.2) is 5.13 Å². The van der Waals surface area contributed by atoms with Gasteiger partial charge in [-0.15, -0.1) is 11.3 Å². The molecular weight excluding hydrogens is 322 g/mol. The van der Waals surface area contributed by atoms with Crippen molar-refractivity contribution in [2.24, 2.45) is 0 Å². The highest BCUT2D eigenvalue weighted by Crippen LogP contribution is 2.23. The number of ether oxygens (including phenoxy) is 1. The van der Waals surface area contributed by atoms with Crippen molar-refractivity contribution in [3.63, 3.8) is 0 Å². The minimum Gasteiger partial charge on any atom is -0.497 e. The van der Waals surface area contributed by atoms with Gasteiger partial charge in [-0.2, -0.15) is 5.26 Å². The van der Waals surface area contributed by atoms with Crippen LogP contribution >= 0.6 is 11.3 Å². The van der Waals surface area contributed by atoms with Crippen molar-refractivity contribution in [1.82, 2.24) is 4.98 Å². The number of hydrogen-bond donors (Lipinski definition) is 1. The van der Waals surface area contributed by atoms with E-state index in [-0.39, 0.29) is 5.57 Å². The summed E-state index contributed by atoms with van der Waals surface area (Å²) in [5, 5.41) is 16.1. The number of nitrogens with zero attached hydrogens (tertiary/aromatic N) is 2. The number of benzene rings is 2. The Morgan fingerprint density at radius 2 is 2.08 bits per heavy atom. The zero-order valence-corrected chi connectivity index (χ0v) is 13.6. The zero-order chi connectivity index (χ0) is 16.9. The van der Waals surface area contributed by atoms with Gasteiger partial charge in [-0.25, -0.2) is 4.98 Å². The molecular formula is C18H13N3O2S. The zero-order valence-electron chi connectivity index (χ0n) is 12.8. The first-order valence-corrected chi connectivity index (χ1v) is 7.98. The number of rotatable bonds is 4. The van der Waals surface area contributed by atoms with Crippen LogP contribution in [0.15, 0.2) is 53.5 Å². The van der Waals surface area contributed by atoms with E-state index in [0.717, 1.165) is 22.1 Å². The summed E-state index contributed by atoms with van der Waals surface area (Å²) < 4.78 is 5.20. The first-order chi connectivity index (χ1) is 11.7. The predicted octanol–water partition coefficient (Wildman–Crippen LogP) is 3.85. The summed E-state index contributed by atoms with van der Waals surface area (Å²) >= 11 is 1.30. The van der Waals surface area contributed by atoms with E-state index in [1.165, 1.54) is 11.3 Å². The maximum Gasteiger partial charge on any atom is 0.268 e. The lowest BCUT2D eigenvalue weighted by atomic mass is 10.0. The van der Waals surface area contributed by atoms with Crippen LogP contribution in [-0.2, 0) is 4.79 Å². The highest BCUT2D eigenvalue weighted by Gasteiger charge is 2.10. The molecule has 0 aliphatic carbocycles. The third-order valence-corrected chi connectivity index (χ3v) is 4.09. The van der Waals surface area contributed by atoms with Gasteiger partial charge in [0, 0.05) is 11.6 Å². The molecule has 3 rings (SSSR count). The highest BCUT2D eigenvalue weighted by atomic mass is 32.1. The van der Waals surface area contributed by atoms with Crippen LogP contribution in [0, 0.1) is 11.3 Å². The standard InChI is InChI=1S/C18H13N3O2S/c1-23-16-5-4-13-8-12(2-3-14(13)10-16)9-15(11-19)17(22)21-18-20-6-7-24-18/h2-10H,1H3,(H,20,21,22)/b15-9+. The summed E-state index contributed by atoms with van der Waals surface area (Å²) in [6.45, 7) is 0.